The Morgan fingerprint density at radius 1 is 1.00 bits per heavy atom. The molecule has 0 aliphatic heterocycles. The zero-order valence-electron chi connectivity index (χ0n) is 1.30. The summed E-state index contributed by atoms with van der Waals surface area (Å²) in [6, 6.07) is 0. The molecule has 0 amide bonds. The number of hydrogen-bond donors (Lipinski definition) is 0. The maximum absolute atomic E-state index is 6.00. The average Bonchev–Trinajstić information content (AvgIpc) is 1.00. The van der Waals surface area contributed by atoms with Gasteiger partial charge in [-0.15, -0.1) is 0 Å². The van der Waals surface area contributed by atoms with Crippen molar-refractivity contribution in [1.82, 2.24) is 0 Å². The molecule has 0 saturated carbocycles. The normalized spacial score (nSPS) is 0.500. The first-order valence-corrected chi connectivity index (χ1v) is 0.200. The second-order valence-electron chi connectivity index (χ2n) is 0. The van der Waals surface area contributed by atoms with Crippen molar-refractivity contribution in [3.05, 3.63) is 0 Å². The van der Waals surface area contributed by atoms with Gasteiger partial charge in [-0.1, -0.05) is 7.43 Å². The van der Waals surface area contributed by atoms with Crippen LogP contribution in [0.2, 0.25) is 0 Å². The Bertz CT molecular complexity index is 10.8. The van der Waals surface area contributed by atoms with Crippen LogP contribution >= 0.6 is 0 Å². The molecular formula is CH5FN2. The third-order valence-corrected chi connectivity index (χ3v) is 0. The highest BCUT2D eigenvalue weighted by atomic mass is 19.0. The minimum absolute atomic E-state index is 0. The molecule has 0 rings (SSSR count). The van der Waals surface area contributed by atoms with E-state index in [0.29, 0.717) is 0 Å². The van der Waals surface area contributed by atoms with Gasteiger partial charge >= 0.3 is 0 Å². The lowest BCUT2D eigenvalue weighted by molar-refractivity contribution is 1.11. The Labute approximate surface area is 24.2 Å². The molecular weight excluding hydrogens is 59.0 g/mol. The second-order valence-corrected chi connectivity index (χ2v) is 0. The second kappa shape index (κ2) is 10.1. The number of nitrogens with zero attached hydrogens (tertiary/aromatic N) is 2. The molecule has 26 valence electrons. The van der Waals surface area contributed by atoms with Gasteiger partial charge in [0, 0.05) is 10.8 Å². The maximum Gasteiger partial charge on any atom is 0 e. The Morgan fingerprint density at radius 2 is 1.00 bits per heavy atom. The van der Waals surface area contributed by atoms with Crippen molar-refractivity contribution in [3.63, 3.8) is 0 Å². The summed E-state index contributed by atoms with van der Waals surface area (Å²) in [7, 11) is 0. The molecule has 0 aromatic heterocycles. The van der Waals surface area contributed by atoms with Crippen molar-refractivity contribution < 1.29 is 4.70 Å². The first-order valence-electron chi connectivity index (χ1n) is 0.200. The summed E-state index contributed by atoms with van der Waals surface area (Å²) in [5.74, 6) is 0. The maximum atomic E-state index is 6.00. The molecule has 0 aliphatic rings. The van der Waals surface area contributed by atoms with Crippen molar-refractivity contribution >= 4 is 0 Å². The monoisotopic (exact) mass is 64.0 g/mol. The van der Waals surface area contributed by atoms with Crippen molar-refractivity contribution in [3.8, 4) is 0 Å². The Balaban J connectivity index is -0.00000000500. The zero-order valence-corrected chi connectivity index (χ0v) is 1.30. The van der Waals surface area contributed by atoms with Gasteiger partial charge in [-0.3, -0.25) is 4.70 Å². The third kappa shape index (κ3) is 0.391. The molecule has 0 saturated heterocycles. The number of rotatable bonds is 0. The summed E-state index contributed by atoms with van der Waals surface area (Å²) in [6.07, 6.45) is 0. The Kier molecular flexibility index (Phi) is 383. The van der Waals surface area contributed by atoms with E-state index in [1.807, 2.05) is 0 Å². The first kappa shape index (κ1) is 151. The fourth-order valence-corrected chi connectivity index (χ4v) is 0. The topological polar surface area (TPSA) is 47.6 Å². The van der Waals surface area contributed by atoms with Crippen LogP contribution < -0.4 is 0 Å². The van der Waals surface area contributed by atoms with Crippen molar-refractivity contribution in [2.24, 2.45) is 0 Å². The van der Waals surface area contributed by atoms with Gasteiger partial charge in [-0.2, -0.15) is 0 Å². The lowest BCUT2D eigenvalue weighted by Gasteiger charge is -0.577. The molecule has 0 unspecified atom stereocenters. The summed E-state index contributed by atoms with van der Waals surface area (Å²) in [6.45, 7) is 0. The highest BCUT2D eigenvalue weighted by Crippen LogP contribution is 0.592. The molecule has 0 bridgehead atoms. The van der Waals surface area contributed by atoms with Gasteiger partial charge in [0.15, 0.2) is 0 Å². The molecule has 0 fully saturated rings. The summed E-state index contributed by atoms with van der Waals surface area (Å²) in [4.78, 5) is 0. The van der Waals surface area contributed by atoms with Crippen LogP contribution in [0.4, 0.5) is 4.70 Å². The van der Waals surface area contributed by atoms with Gasteiger partial charge < -0.3 is 0 Å². The van der Waals surface area contributed by atoms with E-state index in [0.717, 1.165) is 0 Å². The quantitative estimate of drug-likeness (QED) is 0.391. The highest BCUT2D eigenvalue weighted by molar-refractivity contribution is 2.50. The number of hydrogen-bond acceptors (Lipinski definition) is 2. The summed E-state index contributed by atoms with van der Waals surface area (Å²) in [5.41, 5.74) is 0. The minimum atomic E-state index is 0. The van der Waals surface area contributed by atoms with Gasteiger partial charge in [0.05, 0.1) is 0 Å². The third-order valence-electron chi connectivity index (χ3n) is 0. The largest absolute Gasteiger partial charge is 0.269 e. The van der Waals surface area contributed by atoms with E-state index in [-0.39, 0.29) is 12.1 Å². The van der Waals surface area contributed by atoms with E-state index >= 15 is 0 Å². The van der Waals surface area contributed by atoms with E-state index in [4.69, 9.17) is 10.8 Å². The summed E-state index contributed by atoms with van der Waals surface area (Å²) >= 11 is 0. The highest BCUT2D eigenvalue weighted by Gasteiger charge is 0.577. The molecule has 0 radical (unpaired) electrons. The van der Waals surface area contributed by atoms with Crippen molar-refractivity contribution in [2.75, 3.05) is 0 Å². The van der Waals surface area contributed by atoms with Crippen LogP contribution in [0.3, 0.4) is 0 Å². The van der Waals surface area contributed by atoms with E-state index in [2.05, 4.69) is 0 Å². The molecule has 0 aromatic carbocycles. The molecule has 0 spiro atoms. The van der Waals surface area contributed by atoms with Crippen LogP contribution in [0.5, 0.6) is 0 Å². The fraction of sp³-hybridized carbons (Fsp3) is 1.00. The van der Waals surface area contributed by atoms with Gasteiger partial charge in [0.2, 0.25) is 0 Å². The molecule has 3 heteroatoms. The van der Waals surface area contributed by atoms with Gasteiger partial charge in [-0.05, 0) is 0 Å². The minimum Gasteiger partial charge on any atom is -0.269 e. The first-order chi connectivity index (χ1) is 1.00. The van der Waals surface area contributed by atoms with Crippen LogP contribution in [0.1, 0.15) is 7.43 Å². The summed E-state index contributed by atoms with van der Waals surface area (Å²) < 4.78 is 0. The van der Waals surface area contributed by atoms with Crippen LogP contribution in [-0.4, -0.2) is 0 Å². The van der Waals surface area contributed by atoms with E-state index in [9.17, 15) is 0 Å². The Morgan fingerprint density at radius 3 is 1.00 bits per heavy atom. The predicted molar refractivity (Wildman–Crippen MR) is 12.7 cm³/mol. The zero-order chi connectivity index (χ0) is 2.00. The van der Waals surface area contributed by atoms with E-state index in [1.165, 1.54) is 0 Å². The smallest absolute Gasteiger partial charge is 0 e. The fourth-order valence-electron chi connectivity index (χ4n) is 0. The van der Waals surface area contributed by atoms with Crippen LogP contribution in [0, 0.1) is 10.8 Å². The predicted octanol–water partition coefficient (Wildman–Crippen LogP) is 0.819. The summed E-state index contributed by atoms with van der Waals surface area (Å²) in [5, 5.41) is 12.0. The molecule has 2 nitrogen and oxygen atoms in total. The van der Waals surface area contributed by atoms with E-state index in [1.54, 1.807) is 0 Å². The SMILES string of the molecule is C.F.N#N. The van der Waals surface area contributed by atoms with Crippen LogP contribution in [-0.2, 0) is 0 Å². The molecule has 0 atom stereocenters. The van der Waals surface area contributed by atoms with Crippen LogP contribution in [0.15, 0.2) is 0 Å². The van der Waals surface area contributed by atoms with Gasteiger partial charge in [0.25, 0.3) is 0 Å². The van der Waals surface area contributed by atoms with Crippen molar-refractivity contribution in [1.29, 1.82) is 10.8 Å². The average molecular weight is 64.1 g/mol. The lowest BCUT2D eigenvalue weighted by atomic mass is 12.0. The molecule has 0 aliphatic carbocycles. The van der Waals surface area contributed by atoms with Crippen LogP contribution in [0.25, 0.3) is 0 Å². The van der Waals surface area contributed by atoms with Gasteiger partial charge in [0.1, 0.15) is 0 Å². The molecule has 0 heterocycles. The van der Waals surface area contributed by atoms with E-state index < -0.39 is 0 Å². The molecule has 0 N–H and O–H groups in total. The lowest BCUT2D eigenvalue weighted by Crippen LogP contribution is -0.562. The Hall–Kier alpha value is -0.650. The molecule has 4 heavy (non-hydrogen) atoms. The van der Waals surface area contributed by atoms with Gasteiger partial charge in [-0.25, -0.2) is 0 Å². The molecule has 0 aromatic rings. The standard InChI is InChI=1S/CH4.FH.N2/c;;1-2/h1H4;1H;. The van der Waals surface area contributed by atoms with Crippen molar-refractivity contribution in [2.45, 2.75) is 7.43 Å². The number of halogens is 1.